The SMILES string of the molecule is O=C(O)C(c1ccccc1)C1CC[C@@H]2CN1C(=O)N2OS(=O)(=O)c1cccs1. The number of hydroxylamine groups is 2. The molecule has 1 N–H and O–H groups in total. The van der Waals surface area contributed by atoms with Crippen molar-refractivity contribution in [2.75, 3.05) is 6.54 Å². The molecule has 2 unspecified atom stereocenters. The van der Waals surface area contributed by atoms with Crippen LogP contribution >= 0.6 is 11.3 Å². The van der Waals surface area contributed by atoms with Crippen LogP contribution < -0.4 is 0 Å². The summed E-state index contributed by atoms with van der Waals surface area (Å²) >= 11 is 1.00. The van der Waals surface area contributed by atoms with E-state index in [0.29, 0.717) is 18.4 Å². The number of carboxylic acid groups (broad SMARTS) is 1. The molecule has 1 aromatic heterocycles. The molecule has 8 nitrogen and oxygen atoms in total. The van der Waals surface area contributed by atoms with E-state index in [0.717, 1.165) is 16.4 Å². The van der Waals surface area contributed by atoms with Crippen LogP contribution in [0.3, 0.4) is 0 Å². The maximum absolute atomic E-state index is 12.9. The van der Waals surface area contributed by atoms with Crippen molar-refractivity contribution >= 4 is 33.5 Å². The molecule has 2 amide bonds. The third-order valence-corrected chi connectivity index (χ3v) is 7.65. The van der Waals surface area contributed by atoms with Crippen LogP contribution in [-0.4, -0.2) is 54.1 Å². The number of carbonyl (C=O) groups is 2. The molecular formula is C18H18N2O6S2. The van der Waals surface area contributed by atoms with Gasteiger partial charge in [-0.05, 0) is 29.9 Å². The fraction of sp³-hybridized carbons (Fsp3) is 0.333. The fourth-order valence-corrected chi connectivity index (χ4v) is 5.74. The number of rotatable bonds is 6. The third-order valence-electron chi connectivity index (χ3n) is 5.10. The van der Waals surface area contributed by atoms with Crippen LogP contribution in [0.25, 0.3) is 0 Å². The number of benzene rings is 1. The van der Waals surface area contributed by atoms with Gasteiger partial charge in [0, 0.05) is 6.54 Å². The van der Waals surface area contributed by atoms with Crippen molar-refractivity contribution in [2.45, 2.75) is 35.1 Å². The molecule has 4 rings (SSSR count). The first kappa shape index (κ1) is 18.9. The minimum absolute atomic E-state index is 0.0148. The van der Waals surface area contributed by atoms with E-state index in [4.69, 9.17) is 4.28 Å². The van der Waals surface area contributed by atoms with Crippen LogP contribution in [0.15, 0.2) is 52.1 Å². The smallest absolute Gasteiger partial charge is 0.345 e. The van der Waals surface area contributed by atoms with Crippen LogP contribution in [0.5, 0.6) is 0 Å². The van der Waals surface area contributed by atoms with Crippen LogP contribution in [-0.2, 0) is 19.2 Å². The number of aliphatic carboxylic acids is 1. The average Bonchev–Trinajstić information content (AvgIpc) is 3.29. The number of thiophene rings is 1. The predicted molar refractivity (Wildman–Crippen MR) is 100 cm³/mol. The molecule has 10 heteroatoms. The van der Waals surface area contributed by atoms with Crippen LogP contribution in [0.2, 0.25) is 0 Å². The van der Waals surface area contributed by atoms with E-state index < -0.39 is 40.1 Å². The van der Waals surface area contributed by atoms with Crippen molar-refractivity contribution in [1.82, 2.24) is 9.96 Å². The summed E-state index contributed by atoms with van der Waals surface area (Å²) in [6.45, 7) is 0.236. The summed E-state index contributed by atoms with van der Waals surface area (Å²) in [4.78, 5) is 26.3. The Morgan fingerprint density at radius 2 is 1.93 bits per heavy atom. The summed E-state index contributed by atoms with van der Waals surface area (Å²) in [5.41, 5.74) is 0.608. The molecule has 2 aliphatic rings. The van der Waals surface area contributed by atoms with Crippen molar-refractivity contribution in [3.8, 4) is 0 Å². The standard InChI is InChI=1S/C18H18N2O6S2/c21-17(22)16(12-5-2-1-3-6-12)14-9-8-13-11-19(14)18(23)20(13)26-28(24,25)15-7-4-10-27-15/h1-7,10,13-14,16H,8-9,11H2,(H,21,22)/t13-,14?,16?/m1/s1. The molecule has 3 heterocycles. The monoisotopic (exact) mass is 422 g/mol. The van der Waals surface area contributed by atoms with Gasteiger partial charge in [0.25, 0.3) is 0 Å². The summed E-state index contributed by atoms with van der Waals surface area (Å²) in [5, 5.41) is 12.3. The van der Waals surface area contributed by atoms with E-state index >= 15 is 0 Å². The Balaban J connectivity index is 1.59. The number of nitrogens with zero attached hydrogens (tertiary/aromatic N) is 2. The topological polar surface area (TPSA) is 104 Å². The second kappa shape index (κ2) is 7.19. The van der Waals surface area contributed by atoms with Gasteiger partial charge < -0.3 is 10.0 Å². The highest BCUT2D eigenvalue weighted by Gasteiger charge is 2.51. The van der Waals surface area contributed by atoms with E-state index in [1.807, 2.05) is 0 Å². The molecule has 0 radical (unpaired) electrons. The highest BCUT2D eigenvalue weighted by atomic mass is 32.3. The minimum Gasteiger partial charge on any atom is -0.481 e. The number of urea groups is 1. The molecule has 2 bridgehead atoms. The van der Waals surface area contributed by atoms with E-state index in [1.165, 1.54) is 11.0 Å². The maximum Gasteiger partial charge on any atom is 0.345 e. The van der Waals surface area contributed by atoms with E-state index in [-0.39, 0.29) is 10.8 Å². The number of hydrogen-bond acceptors (Lipinski definition) is 6. The molecule has 2 saturated heterocycles. The molecule has 148 valence electrons. The summed E-state index contributed by atoms with van der Waals surface area (Å²) in [6.07, 6.45) is 0.907. The van der Waals surface area contributed by atoms with E-state index in [9.17, 15) is 23.1 Å². The first-order chi connectivity index (χ1) is 13.4. The van der Waals surface area contributed by atoms with Crippen LogP contribution in [0.4, 0.5) is 4.79 Å². The summed E-state index contributed by atoms with van der Waals surface area (Å²) < 4.78 is 30.0. The zero-order chi connectivity index (χ0) is 19.9. The van der Waals surface area contributed by atoms with Gasteiger partial charge in [0.1, 0.15) is 10.1 Å². The lowest BCUT2D eigenvalue weighted by molar-refractivity contribution is -0.140. The quantitative estimate of drug-likeness (QED) is 0.767. The molecule has 1 aromatic carbocycles. The Morgan fingerprint density at radius 1 is 1.18 bits per heavy atom. The third kappa shape index (κ3) is 3.27. The van der Waals surface area contributed by atoms with Crippen molar-refractivity contribution in [3.05, 3.63) is 53.4 Å². The lowest BCUT2D eigenvalue weighted by Gasteiger charge is -2.34. The van der Waals surface area contributed by atoms with Crippen molar-refractivity contribution in [3.63, 3.8) is 0 Å². The van der Waals surface area contributed by atoms with Gasteiger partial charge in [0.2, 0.25) is 0 Å². The predicted octanol–water partition coefficient (Wildman–Crippen LogP) is 2.51. The summed E-state index contributed by atoms with van der Waals surface area (Å²) in [6, 6.07) is 10.1. The second-order valence-electron chi connectivity index (χ2n) is 6.75. The van der Waals surface area contributed by atoms with Gasteiger partial charge in [-0.25, -0.2) is 4.79 Å². The largest absolute Gasteiger partial charge is 0.481 e. The van der Waals surface area contributed by atoms with Crippen molar-refractivity contribution in [1.29, 1.82) is 0 Å². The Hall–Kier alpha value is -2.43. The normalized spacial score (nSPS) is 23.1. The molecule has 3 atom stereocenters. The number of piperidine rings is 1. The first-order valence-electron chi connectivity index (χ1n) is 8.74. The Morgan fingerprint density at radius 3 is 2.57 bits per heavy atom. The Labute approximate surface area is 166 Å². The number of fused-ring (bicyclic) bond motifs is 2. The minimum atomic E-state index is -4.10. The van der Waals surface area contributed by atoms with Gasteiger partial charge in [-0.15, -0.1) is 15.6 Å². The van der Waals surface area contributed by atoms with E-state index in [2.05, 4.69) is 0 Å². The zero-order valence-electron chi connectivity index (χ0n) is 14.7. The number of carbonyl (C=O) groups excluding carboxylic acids is 1. The molecule has 2 aliphatic heterocycles. The molecule has 28 heavy (non-hydrogen) atoms. The van der Waals surface area contributed by atoms with Gasteiger partial charge >= 0.3 is 22.1 Å². The highest BCUT2D eigenvalue weighted by Crippen LogP contribution is 2.38. The second-order valence-corrected chi connectivity index (χ2v) is 9.45. The molecule has 2 aromatic rings. The molecule has 0 spiro atoms. The van der Waals surface area contributed by atoms with Gasteiger partial charge in [-0.3, -0.25) is 4.79 Å². The van der Waals surface area contributed by atoms with Crippen molar-refractivity contribution in [2.24, 2.45) is 0 Å². The fourth-order valence-electron chi connectivity index (χ4n) is 3.84. The van der Waals surface area contributed by atoms with E-state index in [1.54, 1.807) is 41.8 Å². The first-order valence-corrected chi connectivity index (χ1v) is 11.0. The molecule has 0 saturated carbocycles. The molecular weight excluding hydrogens is 404 g/mol. The average molecular weight is 422 g/mol. The number of carboxylic acids is 1. The Kier molecular flexibility index (Phi) is 4.86. The number of amides is 2. The van der Waals surface area contributed by atoms with Gasteiger partial charge in [0.15, 0.2) is 0 Å². The zero-order valence-corrected chi connectivity index (χ0v) is 16.3. The van der Waals surface area contributed by atoms with Crippen LogP contribution in [0, 0.1) is 0 Å². The Bertz CT molecular complexity index is 977. The lowest BCUT2D eigenvalue weighted by atomic mass is 9.85. The van der Waals surface area contributed by atoms with Crippen LogP contribution in [0.1, 0.15) is 24.3 Å². The van der Waals surface area contributed by atoms with Gasteiger partial charge in [0.05, 0.1) is 12.1 Å². The number of hydrogen-bond donors (Lipinski definition) is 1. The highest BCUT2D eigenvalue weighted by molar-refractivity contribution is 7.88. The lowest BCUT2D eigenvalue weighted by Crippen LogP contribution is -2.46. The van der Waals surface area contributed by atoms with Gasteiger partial charge in [-0.2, -0.15) is 13.5 Å². The van der Waals surface area contributed by atoms with Gasteiger partial charge in [-0.1, -0.05) is 36.4 Å². The molecule has 2 fully saturated rings. The summed E-state index contributed by atoms with van der Waals surface area (Å²) in [5.74, 6) is -1.91. The maximum atomic E-state index is 12.9. The summed E-state index contributed by atoms with van der Waals surface area (Å²) in [7, 11) is -4.10. The van der Waals surface area contributed by atoms with Crippen molar-refractivity contribution < 1.29 is 27.4 Å². The molecule has 0 aliphatic carbocycles.